The molecule has 2 heteroatoms. The van der Waals surface area contributed by atoms with Gasteiger partial charge in [-0.15, -0.1) is 0 Å². The fraction of sp³-hybridized carbons (Fsp3) is 0.800. The van der Waals surface area contributed by atoms with Gasteiger partial charge in [0.25, 0.3) is 0 Å². The van der Waals surface area contributed by atoms with E-state index in [0.29, 0.717) is 0 Å². The van der Waals surface area contributed by atoms with Gasteiger partial charge in [-0.1, -0.05) is 0 Å². The van der Waals surface area contributed by atoms with Gasteiger partial charge in [0.1, 0.15) is 0 Å². The van der Waals surface area contributed by atoms with Crippen LogP contribution in [0.5, 0.6) is 0 Å². The van der Waals surface area contributed by atoms with Crippen molar-refractivity contribution in [2.75, 3.05) is 0 Å². The molecule has 0 aliphatic heterocycles. The van der Waals surface area contributed by atoms with Crippen LogP contribution >= 0.6 is 0 Å². The second-order valence-electron chi connectivity index (χ2n) is 1.56. The highest BCUT2D eigenvalue weighted by molar-refractivity contribution is 8.07. The van der Waals surface area contributed by atoms with Crippen LogP contribution in [0.25, 0.3) is 0 Å². The smallest absolute Gasteiger partial charge is 0.0242 e. The summed E-state index contributed by atoms with van der Waals surface area (Å²) in [6, 6.07) is 0. The minimum absolute atomic E-state index is 1.22. The van der Waals surface area contributed by atoms with E-state index in [1.807, 2.05) is 0 Å². The first-order chi connectivity index (χ1) is 3.27. The van der Waals surface area contributed by atoms with Gasteiger partial charge < -0.3 is 0 Å². The quantitative estimate of drug-likeness (QED) is 0.504. The van der Waals surface area contributed by atoms with Gasteiger partial charge in [-0.3, -0.25) is 0 Å². The second kappa shape index (κ2) is 9.58. The van der Waals surface area contributed by atoms with E-state index in [0.717, 1.165) is 0 Å². The summed E-state index contributed by atoms with van der Waals surface area (Å²) in [5.41, 5.74) is 0. The molecule has 42 valence electrons. The van der Waals surface area contributed by atoms with E-state index in [1.54, 1.807) is 0 Å². The molecule has 0 saturated carbocycles. The molecule has 0 aromatic heterocycles. The average molecular weight is 135 g/mol. The molecule has 0 aromatic rings. The fourth-order valence-electron chi connectivity index (χ4n) is 0. The minimum Gasteiger partial charge on any atom is -0.0242 e. The van der Waals surface area contributed by atoms with Crippen LogP contribution in [0.4, 0.5) is 0 Å². The maximum atomic E-state index is 3.67. The molecule has 0 fully saturated rings. The third-order valence-corrected chi connectivity index (χ3v) is 0.707. The standard InChI is InChI=1S/C5H11.S2/c1-4-5(2)3;1-2/h4H2,1-3H3;/q+1;. The molecule has 0 radical (unpaired) electrons. The normalized spacial score (nSPS) is 6.14. The van der Waals surface area contributed by atoms with Crippen LogP contribution in [0.1, 0.15) is 27.2 Å². The van der Waals surface area contributed by atoms with Crippen molar-refractivity contribution in [1.82, 2.24) is 0 Å². The molecule has 0 N–H and O–H groups in total. The summed E-state index contributed by atoms with van der Waals surface area (Å²) in [6.07, 6.45) is 1.22. The van der Waals surface area contributed by atoms with Crippen LogP contribution in [-0.4, -0.2) is 0 Å². The maximum Gasteiger partial charge on any atom is 0.0866 e. The summed E-state index contributed by atoms with van der Waals surface area (Å²) in [7, 11) is 0. The number of rotatable bonds is 1. The fourth-order valence-corrected chi connectivity index (χ4v) is 0. The predicted molar refractivity (Wildman–Crippen MR) is 39.6 cm³/mol. The van der Waals surface area contributed by atoms with Crippen molar-refractivity contribution in [2.24, 2.45) is 0 Å². The highest BCUT2D eigenvalue weighted by Gasteiger charge is 1.93. The van der Waals surface area contributed by atoms with E-state index >= 15 is 0 Å². The molecule has 0 aliphatic rings. The van der Waals surface area contributed by atoms with Crippen LogP contribution in [0.3, 0.4) is 0 Å². The number of hydrogen-bond acceptors (Lipinski definition) is 2. The van der Waals surface area contributed by atoms with Crippen molar-refractivity contribution in [1.29, 1.82) is 0 Å². The largest absolute Gasteiger partial charge is 0.0866 e. The van der Waals surface area contributed by atoms with Crippen LogP contribution < -0.4 is 0 Å². The Balaban J connectivity index is 0. The Hall–Kier alpha value is 0.310. The van der Waals surface area contributed by atoms with Crippen molar-refractivity contribution < 1.29 is 0 Å². The topological polar surface area (TPSA) is 0 Å². The molecule has 0 saturated heterocycles. The van der Waals surface area contributed by atoms with Gasteiger partial charge in [-0.2, -0.15) is 0 Å². The average Bonchev–Trinajstić information content (AvgIpc) is 1.73. The first-order valence-corrected chi connectivity index (χ1v) is 3.56. The molecule has 0 amide bonds. The lowest BCUT2D eigenvalue weighted by molar-refractivity contribution is 0.923. The van der Waals surface area contributed by atoms with Gasteiger partial charge in [0, 0.05) is 22.4 Å². The van der Waals surface area contributed by atoms with E-state index < -0.39 is 0 Å². The maximum absolute atomic E-state index is 3.67. The third-order valence-electron chi connectivity index (χ3n) is 0.707. The molecule has 0 unspecified atom stereocenters. The second-order valence-corrected chi connectivity index (χ2v) is 1.56. The lowest BCUT2D eigenvalue weighted by Crippen LogP contribution is -1.73. The van der Waals surface area contributed by atoms with E-state index in [9.17, 15) is 0 Å². The van der Waals surface area contributed by atoms with E-state index in [-0.39, 0.29) is 0 Å². The van der Waals surface area contributed by atoms with Gasteiger partial charge in [0.05, 0.1) is 26.2 Å². The number of hydrogen-bond donors (Lipinski definition) is 0. The van der Waals surface area contributed by atoms with Crippen molar-refractivity contribution >= 4 is 22.4 Å². The van der Waals surface area contributed by atoms with Crippen molar-refractivity contribution in [3.8, 4) is 0 Å². The summed E-state index contributed by atoms with van der Waals surface area (Å²) in [5.74, 6) is 1.50. The molecular weight excluding hydrogens is 124 g/mol. The third kappa shape index (κ3) is 22.0. The van der Waals surface area contributed by atoms with Gasteiger partial charge in [-0.05, 0) is 6.92 Å². The zero-order chi connectivity index (χ0) is 6.28. The molecule has 7 heavy (non-hydrogen) atoms. The zero-order valence-corrected chi connectivity index (χ0v) is 6.66. The Morgan fingerprint density at radius 3 is 1.43 bits per heavy atom. The summed E-state index contributed by atoms with van der Waals surface area (Å²) in [5, 5.41) is 0. The summed E-state index contributed by atoms with van der Waals surface area (Å²) < 4.78 is 0. The highest BCUT2D eigenvalue weighted by atomic mass is 32.8. The van der Waals surface area contributed by atoms with Crippen LogP contribution in [0, 0.1) is 5.92 Å². The molecule has 0 bridgehead atoms. The first-order valence-electron chi connectivity index (χ1n) is 2.23. The Morgan fingerprint density at radius 1 is 1.29 bits per heavy atom. The van der Waals surface area contributed by atoms with Gasteiger partial charge in [0.15, 0.2) is 0 Å². The van der Waals surface area contributed by atoms with E-state index in [1.165, 1.54) is 12.3 Å². The zero-order valence-electron chi connectivity index (χ0n) is 5.02. The van der Waals surface area contributed by atoms with Crippen LogP contribution in [-0.2, 0) is 22.4 Å². The lowest BCUT2D eigenvalue weighted by Gasteiger charge is -1.77. The van der Waals surface area contributed by atoms with Crippen LogP contribution in [0.2, 0.25) is 0 Å². The summed E-state index contributed by atoms with van der Waals surface area (Å²) in [4.78, 5) is 0. The summed E-state index contributed by atoms with van der Waals surface area (Å²) >= 11 is 7.33. The molecule has 0 heterocycles. The van der Waals surface area contributed by atoms with Gasteiger partial charge in [0.2, 0.25) is 0 Å². The minimum atomic E-state index is 1.22. The molecule has 0 spiro atoms. The van der Waals surface area contributed by atoms with Crippen LogP contribution in [0.15, 0.2) is 0 Å². The predicted octanol–water partition coefficient (Wildman–Crippen LogP) is 2.01. The molecular formula is C5H11S2+. The van der Waals surface area contributed by atoms with E-state index in [2.05, 4.69) is 43.1 Å². The monoisotopic (exact) mass is 135 g/mol. The Morgan fingerprint density at radius 2 is 1.43 bits per heavy atom. The highest BCUT2D eigenvalue weighted by Crippen LogP contribution is 1.97. The molecule has 0 nitrogen and oxygen atoms in total. The van der Waals surface area contributed by atoms with E-state index in [4.69, 9.17) is 0 Å². The first kappa shape index (κ1) is 10.3. The molecule has 0 aromatic carbocycles. The molecule has 0 rings (SSSR count). The van der Waals surface area contributed by atoms with Crippen molar-refractivity contribution in [2.45, 2.75) is 27.2 Å². The van der Waals surface area contributed by atoms with Crippen molar-refractivity contribution in [3.63, 3.8) is 0 Å². The Kier molecular flexibility index (Phi) is 14.1. The SMILES string of the molecule is CC[C+](C)C.S=S. The summed E-state index contributed by atoms with van der Waals surface area (Å²) in [6.45, 7) is 6.44. The lowest BCUT2D eigenvalue weighted by atomic mass is 10.2. The Labute approximate surface area is 56.0 Å². The van der Waals surface area contributed by atoms with Crippen molar-refractivity contribution in [3.05, 3.63) is 5.92 Å². The molecule has 0 aliphatic carbocycles. The molecule has 0 atom stereocenters. The Bertz CT molecular complexity index is 27.3. The van der Waals surface area contributed by atoms with Gasteiger partial charge in [-0.25, -0.2) is 0 Å². The van der Waals surface area contributed by atoms with Gasteiger partial charge >= 0.3 is 0 Å².